The van der Waals surface area contributed by atoms with E-state index < -0.39 is 23.9 Å². The number of alkyl halides is 3. The fourth-order valence-electron chi connectivity index (χ4n) is 1.14. The summed E-state index contributed by atoms with van der Waals surface area (Å²) < 4.78 is 36.9. The molecule has 0 atom stereocenters. The van der Waals surface area contributed by atoms with Gasteiger partial charge in [0.2, 0.25) is 0 Å². The first-order chi connectivity index (χ1) is 6.50. The Balaban J connectivity index is 3.37. The van der Waals surface area contributed by atoms with E-state index in [0.717, 1.165) is 12.1 Å². The Morgan fingerprint density at radius 3 is 2.43 bits per heavy atom. The van der Waals surface area contributed by atoms with Gasteiger partial charge in [-0.15, -0.1) is 0 Å². The van der Waals surface area contributed by atoms with Crippen LogP contribution in [0.25, 0.3) is 0 Å². The first kappa shape index (κ1) is 10.7. The van der Waals surface area contributed by atoms with Crippen LogP contribution in [0.3, 0.4) is 0 Å². The topological polar surface area (TPSA) is 37.3 Å². The molecule has 76 valence electrons. The average molecular weight is 204 g/mol. The summed E-state index contributed by atoms with van der Waals surface area (Å²) in [6.07, 6.45) is -4.46. The van der Waals surface area contributed by atoms with Crippen molar-refractivity contribution in [1.82, 2.24) is 0 Å². The predicted octanol–water partition coefficient (Wildman–Crippen LogP) is 2.01. The van der Waals surface area contributed by atoms with Crippen molar-refractivity contribution in [3.8, 4) is 0 Å². The highest BCUT2D eigenvalue weighted by Gasteiger charge is 2.33. The smallest absolute Gasteiger partial charge is 0.392 e. The molecular weight excluding hydrogens is 197 g/mol. The fraction of sp³-hybridized carbons (Fsp3) is 0.222. The largest absolute Gasteiger partial charge is 0.417 e. The number of benzene rings is 1. The molecule has 0 saturated heterocycles. The first-order valence-electron chi connectivity index (χ1n) is 3.76. The molecule has 0 amide bonds. The van der Waals surface area contributed by atoms with Gasteiger partial charge in [-0.05, 0) is 11.6 Å². The molecule has 0 unspecified atom stereocenters. The van der Waals surface area contributed by atoms with E-state index in [-0.39, 0.29) is 11.8 Å². The van der Waals surface area contributed by atoms with Crippen molar-refractivity contribution in [1.29, 1.82) is 0 Å². The van der Waals surface area contributed by atoms with Gasteiger partial charge in [0.05, 0.1) is 12.2 Å². The summed E-state index contributed by atoms with van der Waals surface area (Å²) in [5, 5.41) is 8.71. The van der Waals surface area contributed by atoms with Crippen LogP contribution >= 0.6 is 0 Å². The maximum Gasteiger partial charge on any atom is 0.417 e. The molecular formula is C9H7F3O2. The zero-order chi connectivity index (χ0) is 10.8. The van der Waals surface area contributed by atoms with Crippen molar-refractivity contribution >= 4 is 6.29 Å². The van der Waals surface area contributed by atoms with E-state index >= 15 is 0 Å². The van der Waals surface area contributed by atoms with Crippen LogP contribution < -0.4 is 0 Å². The highest BCUT2D eigenvalue weighted by Crippen LogP contribution is 2.32. The van der Waals surface area contributed by atoms with E-state index in [4.69, 9.17) is 5.11 Å². The van der Waals surface area contributed by atoms with Crippen LogP contribution in [0.15, 0.2) is 18.2 Å². The van der Waals surface area contributed by atoms with E-state index in [2.05, 4.69) is 0 Å². The molecule has 0 fully saturated rings. The third kappa shape index (κ3) is 1.93. The first-order valence-corrected chi connectivity index (χ1v) is 3.76. The molecule has 0 aliphatic carbocycles. The van der Waals surface area contributed by atoms with Gasteiger partial charge in [-0.25, -0.2) is 0 Å². The maximum absolute atomic E-state index is 12.3. The number of carbonyl (C=O) groups is 1. The molecule has 0 aliphatic heterocycles. The molecule has 1 N–H and O–H groups in total. The van der Waals surface area contributed by atoms with Gasteiger partial charge in [0.1, 0.15) is 0 Å². The molecule has 0 bridgehead atoms. The normalized spacial score (nSPS) is 11.4. The van der Waals surface area contributed by atoms with E-state index in [1.165, 1.54) is 6.07 Å². The number of aldehydes is 1. The lowest BCUT2D eigenvalue weighted by Gasteiger charge is -2.11. The second-order valence-corrected chi connectivity index (χ2v) is 2.65. The lowest BCUT2D eigenvalue weighted by atomic mass is 10.0. The highest BCUT2D eigenvalue weighted by atomic mass is 19.4. The van der Waals surface area contributed by atoms with Gasteiger partial charge in [-0.1, -0.05) is 12.1 Å². The van der Waals surface area contributed by atoms with Crippen molar-refractivity contribution in [2.45, 2.75) is 12.8 Å². The van der Waals surface area contributed by atoms with E-state index in [1.54, 1.807) is 0 Å². The van der Waals surface area contributed by atoms with Crippen molar-refractivity contribution in [2.24, 2.45) is 0 Å². The molecule has 5 heteroatoms. The summed E-state index contributed by atoms with van der Waals surface area (Å²) >= 11 is 0. The summed E-state index contributed by atoms with van der Waals surface area (Å²) in [6, 6.07) is 3.24. The average Bonchev–Trinajstić information content (AvgIpc) is 2.15. The van der Waals surface area contributed by atoms with Crippen LogP contribution in [0.4, 0.5) is 13.2 Å². The van der Waals surface area contributed by atoms with E-state index in [0.29, 0.717) is 0 Å². The summed E-state index contributed by atoms with van der Waals surface area (Å²) in [6.45, 7) is -0.585. The van der Waals surface area contributed by atoms with Gasteiger partial charge in [0.25, 0.3) is 0 Å². The Morgan fingerprint density at radius 1 is 1.36 bits per heavy atom. The Bertz CT molecular complexity index is 344. The zero-order valence-electron chi connectivity index (χ0n) is 7.01. The van der Waals surface area contributed by atoms with Gasteiger partial charge in [0.15, 0.2) is 6.29 Å². The molecule has 0 heterocycles. The Hall–Kier alpha value is -1.36. The van der Waals surface area contributed by atoms with Crippen molar-refractivity contribution in [3.05, 3.63) is 34.9 Å². The van der Waals surface area contributed by atoms with Gasteiger partial charge < -0.3 is 5.11 Å². The summed E-state index contributed by atoms with van der Waals surface area (Å²) in [5.74, 6) is 0. The Kier molecular flexibility index (Phi) is 2.90. The molecule has 2 nitrogen and oxygen atoms in total. The number of aliphatic hydroxyl groups is 1. The predicted molar refractivity (Wildman–Crippen MR) is 42.8 cm³/mol. The molecule has 0 saturated carbocycles. The molecule has 1 aromatic rings. The molecule has 0 aliphatic rings. The molecule has 0 spiro atoms. The number of carbonyl (C=O) groups excluding carboxylic acids is 1. The number of hydrogen-bond acceptors (Lipinski definition) is 2. The van der Waals surface area contributed by atoms with Crippen molar-refractivity contribution < 1.29 is 23.1 Å². The number of halogens is 3. The van der Waals surface area contributed by atoms with Crippen LogP contribution in [-0.2, 0) is 12.8 Å². The number of hydrogen-bond donors (Lipinski definition) is 1. The summed E-state index contributed by atoms with van der Waals surface area (Å²) in [5.41, 5.74) is -1.53. The van der Waals surface area contributed by atoms with Crippen LogP contribution in [0.5, 0.6) is 0 Å². The molecule has 0 radical (unpaired) electrons. The molecule has 14 heavy (non-hydrogen) atoms. The van der Waals surface area contributed by atoms with E-state index in [1.807, 2.05) is 0 Å². The van der Waals surface area contributed by atoms with Gasteiger partial charge in [0, 0.05) is 5.56 Å². The van der Waals surface area contributed by atoms with Crippen LogP contribution in [0, 0.1) is 0 Å². The highest BCUT2D eigenvalue weighted by molar-refractivity contribution is 5.80. The minimum absolute atomic E-state index is 0.0187. The minimum atomic E-state index is -4.57. The number of rotatable bonds is 2. The Morgan fingerprint density at radius 2 is 2.00 bits per heavy atom. The van der Waals surface area contributed by atoms with Crippen molar-refractivity contribution in [3.63, 3.8) is 0 Å². The van der Waals surface area contributed by atoms with Crippen LogP contribution in [-0.4, -0.2) is 11.4 Å². The van der Waals surface area contributed by atoms with Gasteiger partial charge in [-0.3, -0.25) is 4.79 Å². The summed E-state index contributed by atoms with van der Waals surface area (Å²) in [4.78, 5) is 10.4. The van der Waals surface area contributed by atoms with Gasteiger partial charge in [-0.2, -0.15) is 13.2 Å². The maximum atomic E-state index is 12.3. The zero-order valence-corrected chi connectivity index (χ0v) is 7.01. The third-order valence-electron chi connectivity index (χ3n) is 1.79. The second-order valence-electron chi connectivity index (χ2n) is 2.65. The SMILES string of the molecule is O=Cc1c(CO)cccc1C(F)(F)F. The number of aliphatic hydroxyl groups excluding tert-OH is 1. The fourth-order valence-corrected chi connectivity index (χ4v) is 1.14. The minimum Gasteiger partial charge on any atom is -0.392 e. The van der Waals surface area contributed by atoms with Crippen molar-refractivity contribution in [2.75, 3.05) is 0 Å². The van der Waals surface area contributed by atoms with E-state index in [9.17, 15) is 18.0 Å². The monoisotopic (exact) mass is 204 g/mol. The molecule has 1 rings (SSSR count). The third-order valence-corrected chi connectivity index (χ3v) is 1.79. The molecule has 0 aromatic heterocycles. The van der Waals surface area contributed by atoms with Crippen LogP contribution in [0.2, 0.25) is 0 Å². The van der Waals surface area contributed by atoms with Gasteiger partial charge >= 0.3 is 6.18 Å². The lowest BCUT2D eigenvalue weighted by Crippen LogP contribution is -2.10. The Labute approximate surface area is 78.0 Å². The quantitative estimate of drug-likeness (QED) is 0.748. The lowest BCUT2D eigenvalue weighted by molar-refractivity contribution is -0.137. The second kappa shape index (κ2) is 3.79. The molecule has 1 aromatic carbocycles. The summed E-state index contributed by atoms with van der Waals surface area (Å²) in [7, 11) is 0. The van der Waals surface area contributed by atoms with Crippen LogP contribution in [0.1, 0.15) is 21.5 Å². The standard InChI is InChI=1S/C9H7F3O2/c10-9(11,12)8-3-1-2-6(4-13)7(8)5-14/h1-3,5,13H,4H2.